The molecule has 0 radical (unpaired) electrons. The van der Waals surface area contributed by atoms with Gasteiger partial charge in [0.25, 0.3) is 5.91 Å². The number of carbonyl (C=O) groups is 1. The van der Waals surface area contributed by atoms with Crippen LogP contribution in [0.15, 0.2) is 48.5 Å². The van der Waals surface area contributed by atoms with Crippen molar-refractivity contribution in [3.8, 4) is 11.4 Å². The third kappa shape index (κ3) is 4.56. The van der Waals surface area contributed by atoms with Gasteiger partial charge in [-0.3, -0.25) is 4.79 Å². The molecule has 10 heteroatoms. The number of carbonyl (C=O) groups excluding carboxylic acids is 1. The fourth-order valence-electron chi connectivity index (χ4n) is 2.30. The Bertz CT molecular complexity index is 988. The van der Waals surface area contributed by atoms with Gasteiger partial charge in [0.05, 0.1) is 10.7 Å². The minimum atomic E-state index is -4.82. The number of nitrogens with one attached hydrogen (secondary N) is 1. The Balaban J connectivity index is 1.81. The second-order valence-corrected chi connectivity index (χ2v) is 5.78. The normalized spacial score (nSPS) is 11.3. The van der Waals surface area contributed by atoms with Crippen LogP contribution in [0.3, 0.4) is 0 Å². The van der Waals surface area contributed by atoms with Gasteiger partial charge in [-0.25, -0.2) is 9.67 Å². The average molecular weight is 397 g/mol. The summed E-state index contributed by atoms with van der Waals surface area (Å²) < 4.78 is 42.1. The van der Waals surface area contributed by atoms with Crippen molar-refractivity contribution < 1.29 is 22.7 Å². The number of rotatable bonds is 4. The lowest BCUT2D eigenvalue weighted by Crippen LogP contribution is -2.18. The molecule has 0 fully saturated rings. The number of amides is 1. The van der Waals surface area contributed by atoms with Crippen LogP contribution in [0.5, 0.6) is 5.75 Å². The summed E-state index contributed by atoms with van der Waals surface area (Å²) in [5.41, 5.74) is 0.650. The first-order valence-electron chi connectivity index (χ1n) is 7.59. The van der Waals surface area contributed by atoms with E-state index in [1.54, 1.807) is 31.2 Å². The maximum atomic E-state index is 12.3. The van der Waals surface area contributed by atoms with Crippen LogP contribution in [-0.4, -0.2) is 27.0 Å². The van der Waals surface area contributed by atoms with Crippen molar-refractivity contribution in [2.24, 2.45) is 0 Å². The summed E-state index contributed by atoms with van der Waals surface area (Å²) in [4.78, 5) is 16.4. The van der Waals surface area contributed by atoms with E-state index in [0.29, 0.717) is 16.5 Å². The molecule has 1 aromatic heterocycles. The Morgan fingerprint density at radius 1 is 1.19 bits per heavy atom. The number of ether oxygens (including phenoxy) is 1. The van der Waals surface area contributed by atoms with Gasteiger partial charge in [-0.1, -0.05) is 29.8 Å². The SMILES string of the molecule is Cc1nc(C(=O)Nc2cccc(OC(F)(F)F)c2)nn1-c1ccccc1Cl. The number of hydrogen-bond acceptors (Lipinski definition) is 4. The molecule has 0 aliphatic carbocycles. The third-order valence-electron chi connectivity index (χ3n) is 3.38. The largest absolute Gasteiger partial charge is 0.573 e. The molecule has 6 nitrogen and oxygen atoms in total. The smallest absolute Gasteiger partial charge is 0.406 e. The maximum absolute atomic E-state index is 12.3. The van der Waals surface area contributed by atoms with E-state index >= 15 is 0 Å². The predicted molar refractivity (Wildman–Crippen MR) is 92.2 cm³/mol. The topological polar surface area (TPSA) is 69.0 Å². The minimum Gasteiger partial charge on any atom is -0.406 e. The van der Waals surface area contributed by atoms with E-state index in [0.717, 1.165) is 12.1 Å². The molecule has 0 unspecified atom stereocenters. The molecule has 0 bridgehead atoms. The molecule has 1 amide bonds. The fourth-order valence-corrected chi connectivity index (χ4v) is 2.51. The molecule has 2 aromatic carbocycles. The Kier molecular flexibility index (Phi) is 5.04. The number of benzene rings is 2. The van der Waals surface area contributed by atoms with Gasteiger partial charge in [0, 0.05) is 11.8 Å². The Morgan fingerprint density at radius 3 is 2.63 bits per heavy atom. The van der Waals surface area contributed by atoms with E-state index in [1.165, 1.54) is 16.8 Å². The Labute approximate surface area is 156 Å². The van der Waals surface area contributed by atoms with E-state index in [1.807, 2.05) is 0 Å². The average Bonchev–Trinajstić information content (AvgIpc) is 2.96. The molecular formula is C17H12ClF3N4O2. The van der Waals surface area contributed by atoms with E-state index in [2.05, 4.69) is 20.1 Å². The fraction of sp³-hybridized carbons (Fsp3) is 0.118. The van der Waals surface area contributed by atoms with Gasteiger partial charge in [-0.15, -0.1) is 18.3 Å². The second kappa shape index (κ2) is 7.28. The van der Waals surface area contributed by atoms with Crippen LogP contribution < -0.4 is 10.1 Å². The lowest BCUT2D eigenvalue weighted by atomic mass is 10.3. The molecule has 0 saturated carbocycles. The van der Waals surface area contributed by atoms with Crippen molar-refractivity contribution >= 4 is 23.2 Å². The standard InChI is InChI=1S/C17H12ClF3N4O2/c1-10-22-15(24-25(10)14-8-3-2-7-13(14)18)16(26)23-11-5-4-6-12(9-11)27-17(19,20)21/h2-9H,1H3,(H,23,26). The number of anilines is 1. The molecule has 1 heterocycles. The summed E-state index contributed by atoms with van der Waals surface area (Å²) in [6, 6.07) is 11.8. The summed E-state index contributed by atoms with van der Waals surface area (Å²) in [6.45, 7) is 1.64. The van der Waals surface area contributed by atoms with Crippen molar-refractivity contribution in [1.29, 1.82) is 0 Å². The lowest BCUT2D eigenvalue weighted by molar-refractivity contribution is -0.274. The highest BCUT2D eigenvalue weighted by molar-refractivity contribution is 6.32. The maximum Gasteiger partial charge on any atom is 0.573 e. The molecule has 1 N–H and O–H groups in total. The van der Waals surface area contributed by atoms with Crippen molar-refractivity contribution in [2.45, 2.75) is 13.3 Å². The van der Waals surface area contributed by atoms with Crippen LogP contribution in [0.1, 0.15) is 16.4 Å². The van der Waals surface area contributed by atoms with Gasteiger partial charge in [-0.05, 0) is 31.2 Å². The number of nitrogens with zero attached hydrogens (tertiary/aromatic N) is 3. The molecule has 140 valence electrons. The van der Waals surface area contributed by atoms with Crippen molar-refractivity contribution in [1.82, 2.24) is 14.8 Å². The van der Waals surface area contributed by atoms with Crippen LogP contribution in [0.2, 0.25) is 5.02 Å². The quantitative estimate of drug-likeness (QED) is 0.710. The highest BCUT2D eigenvalue weighted by Gasteiger charge is 2.31. The first kappa shape index (κ1) is 18.7. The highest BCUT2D eigenvalue weighted by atomic mass is 35.5. The van der Waals surface area contributed by atoms with E-state index in [9.17, 15) is 18.0 Å². The van der Waals surface area contributed by atoms with Crippen LogP contribution in [-0.2, 0) is 0 Å². The molecule has 0 aliphatic rings. The van der Waals surface area contributed by atoms with Crippen LogP contribution >= 0.6 is 11.6 Å². The molecule has 0 aliphatic heterocycles. The van der Waals surface area contributed by atoms with Crippen LogP contribution in [0.25, 0.3) is 5.69 Å². The van der Waals surface area contributed by atoms with Gasteiger partial charge in [0.2, 0.25) is 5.82 Å². The van der Waals surface area contributed by atoms with Gasteiger partial charge in [0.1, 0.15) is 11.6 Å². The van der Waals surface area contributed by atoms with Crippen molar-refractivity contribution in [3.63, 3.8) is 0 Å². The van der Waals surface area contributed by atoms with E-state index in [-0.39, 0.29) is 11.5 Å². The number of hydrogen-bond donors (Lipinski definition) is 1. The van der Waals surface area contributed by atoms with E-state index in [4.69, 9.17) is 11.6 Å². The van der Waals surface area contributed by atoms with Crippen molar-refractivity contribution in [3.05, 3.63) is 65.2 Å². The van der Waals surface area contributed by atoms with Crippen LogP contribution in [0, 0.1) is 6.92 Å². The molecule has 0 spiro atoms. The highest BCUT2D eigenvalue weighted by Crippen LogP contribution is 2.25. The number of aromatic nitrogens is 3. The molecular weight excluding hydrogens is 385 g/mol. The number of aryl methyl sites for hydroxylation is 1. The predicted octanol–water partition coefficient (Wildman–Crippen LogP) is 4.38. The van der Waals surface area contributed by atoms with E-state index < -0.39 is 18.0 Å². The van der Waals surface area contributed by atoms with Gasteiger partial charge >= 0.3 is 6.36 Å². The number of para-hydroxylation sites is 1. The summed E-state index contributed by atoms with van der Waals surface area (Å²) >= 11 is 6.12. The summed E-state index contributed by atoms with van der Waals surface area (Å²) in [5.74, 6) is -0.879. The minimum absolute atomic E-state index is 0.105. The zero-order valence-electron chi connectivity index (χ0n) is 13.8. The van der Waals surface area contributed by atoms with Crippen molar-refractivity contribution in [2.75, 3.05) is 5.32 Å². The molecule has 3 aromatic rings. The van der Waals surface area contributed by atoms with Gasteiger partial charge in [-0.2, -0.15) is 0 Å². The Hall–Kier alpha value is -3.07. The van der Waals surface area contributed by atoms with Gasteiger partial charge < -0.3 is 10.1 Å². The monoisotopic (exact) mass is 396 g/mol. The summed E-state index contributed by atoms with van der Waals surface area (Å²) in [6.07, 6.45) is -4.82. The summed E-state index contributed by atoms with van der Waals surface area (Å²) in [7, 11) is 0. The lowest BCUT2D eigenvalue weighted by Gasteiger charge is -2.10. The van der Waals surface area contributed by atoms with Crippen LogP contribution in [0.4, 0.5) is 18.9 Å². The Morgan fingerprint density at radius 2 is 1.93 bits per heavy atom. The molecule has 0 atom stereocenters. The molecule has 0 saturated heterocycles. The zero-order valence-corrected chi connectivity index (χ0v) is 14.5. The first-order chi connectivity index (χ1) is 12.7. The number of halogens is 4. The molecule has 3 rings (SSSR count). The van der Waals surface area contributed by atoms with Gasteiger partial charge in [0.15, 0.2) is 0 Å². The first-order valence-corrected chi connectivity index (χ1v) is 7.96. The third-order valence-corrected chi connectivity index (χ3v) is 3.70. The molecule has 27 heavy (non-hydrogen) atoms. The summed E-state index contributed by atoms with van der Waals surface area (Å²) in [5, 5.41) is 6.98. The second-order valence-electron chi connectivity index (χ2n) is 5.38. The zero-order chi connectivity index (χ0) is 19.6. The number of alkyl halides is 3.